The van der Waals surface area contributed by atoms with E-state index in [1.165, 1.54) is 0 Å². The van der Waals surface area contributed by atoms with Gasteiger partial charge in [0, 0.05) is 27.6 Å². The first-order valence-corrected chi connectivity index (χ1v) is 8.95. The summed E-state index contributed by atoms with van der Waals surface area (Å²) in [4.78, 5) is 0.870. The summed E-state index contributed by atoms with van der Waals surface area (Å²) in [7, 11) is -4.67. The van der Waals surface area contributed by atoms with Crippen LogP contribution in [0.2, 0.25) is 0 Å². The molecule has 0 aromatic heterocycles. The van der Waals surface area contributed by atoms with E-state index in [4.69, 9.17) is 0 Å². The molecule has 0 saturated heterocycles. The lowest BCUT2D eigenvalue weighted by atomic mass is 10.2. The van der Waals surface area contributed by atoms with Crippen LogP contribution in [0.5, 0.6) is 0 Å². The quantitative estimate of drug-likeness (QED) is 0.944. The van der Waals surface area contributed by atoms with Crippen LogP contribution in [-0.4, -0.2) is 18.9 Å². The van der Waals surface area contributed by atoms with Gasteiger partial charge in [0.05, 0.1) is 4.90 Å². The fourth-order valence-electron chi connectivity index (χ4n) is 1.65. The fourth-order valence-corrected chi connectivity index (χ4v) is 3.22. The van der Waals surface area contributed by atoms with Gasteiger partial charge in [0.15, 0.2) is 0 Å². The summed E-state index contributed by atoms with van der Waals surface area (Å²) in [5, 5.41) is 0. The molecule has 0 amide bonds. The molecule has 0 heterocycles. The van der Waals surface area contributed by atoms with Gasteiger partial charge in [0.1, 0.15) is 0 Å². The zero-order valence-electron chi connectivity index (χ0n) is 11.2. The van der Waals surface area contributed by atoms with Crippen molar-refractivity contribution in [3.8, 4) is 0 Å². The molecule has 0 saturated carbocycles. The van der Waals surface area contributed by atoms with Gasteiger partial charge < -0.3 is 0 Å². The number of benzene rings is 2. The first kappa shape index (κ1) is 14.7. The minimum absolute atomic E-state index is 0.214. The molecule has 2 rings (SSSR count). The molecule has 0 bridgehead atoms. The van der Waals surface area contributed by atoms with Crippen molar-refractivity contribution in [3.05, 3.63) is 54.1 Å². The summed E-state index contributed by atoms with van der Waals surface area (Å²) in [6, 6.07) is 13.1. The molecule has 0 aliphatic carbocycles. The summed E-state index contributed by atoms with van der Waals surface area (Å²) < 4.78 is 38.1. The number of anilines is 1. The van der Waals surface area contributed by atoms with Crippen molar-refractivity contribution in [1.82, 2.24) is 0 Å². The van der Waals surface area contributed by atoms with Crippen LogP contribution >= 0.6 is 0 Å². The van der Waals surface area contributed by atoms with Crippen LogP contribution in [0, 0.1) is 6.92 Å². The Balaban J connectivity index is 2.24. The Morgan fingerprint density at radius 1 is 0.950 bits per heavy atom. The van der Waals surface area contributed by atoms with E-state index in [0.29, 0.717) is 10.6 Å². The zero-order chi connectivity index (χ0) is 14.8. The lowest BCUT2D eigenvalue weighted by molar-refractivity contribution is 0.601. The molecule has 2 aromatic carbocycles. The van der Waals surface area contributed by atoms with Crippen molar-refractivity contribution in [2.75, 3.05) is 11.0 Å². The molecule has 0 radical (unpaired) electrons. The van der Waals surface area contributed by atoms with Gasteiger partial charge in [-0.25, -0.2) is 8.42 Å². The van der Waals surface area contributed by atoms with E-state index in [0.717, 1.165) is 5.56 Å². The summed E-state index contributed by atoms with van der Waals surface area (Å²) in [5.41, 5.74) is 1.44. The highest BCUT2D eigenvalue weighted by Crippen LogP contribution is 2.17. The molecule has 0 aliphatic heterocycles. The van der Waals surface area contributed by atoms with Crippen LogP contribution in [0.15, 0.2) is 58.3 Å². The van der Waals surface area contributed by atoms with Crippen LogP contribution in [0.3, 0.4) is 0 Å². The summed E-state index contributed by atoms with van der Waals surface area (Å²) in [6.45, 7) is 1.90. The van der Waals surface area contributed by atoms with Crippen LogP contribution in [0.1, 0.15) is 5.56 Å². The maximum Gasteiger partial charge on any atom is 0.261 e. The summed E-state index contributed by atoms with van der Waals surface area (Å²) in [6.07, 6.45) is 1.57. The lowest BCUT2D eigenvalue weighted by Crippen LogP contribution is -2.12. The normalized spacial score (nSPS) is 12.9. The molecule has 0 aliphatic rings. The van der Waals surface area contributed by atoms with Crippen molar-refractivity contribution in [3.63, 3.8) is 0 Å². The van der Waals surface area contributed by atoms with E-state index in [-0.39, 0.29) is 4.90 Å². The number of hydrogen-bond acceptors (Lipinski definition) is 3. The predicted octanol–water partition coefficient (Wildman–Crippen LogP) is 2.53. The monoisotopic (exact) mass is 309 g/mol. The summed E-state index contributed by atoms with van der Waals surface area (Å²) >= 11 is 0. The Kier molecular flexibility index (Phi) is 4.25. The molecule has 1 N–H and O–H groups in total. The smallest absolute Gasteiger partial charge is 0.261 e. The van der Waals surface area contributed by atoms with E-state index in [1.54, 1.807) is 54.8 Å². The number of rotatable bonds is 4. The average molecular weight is 309 g/mol. The molecule has 4 nitrogen and oxygen atoms in total. The second-order valence-electron chi connectivity index (χ2n) is 4.40. The maximum atomic E-state index is 12.2. The molecular formula is C14H15NO3S2. The zero-order valence-corrected chi connectivity index (χ0v) is 12.8. The van der Waals surface area contributed by atoms with E-state index in [9.17, 15) is 12.6 Å². The fraction of sp³-hybridized carbons (Fsp3) is 0.143. The first-order valence-electron chi connectivity index (χ1n) is 5.91. The SMILES string of the molecule is Cc1ccc(S(=O)(=O)Nc2ccc(S(C)=O)cc2)cc1. The first-order chi connectivity index (χ1) is 9.38. The van der Waals surface area contributed by atoms with E-state index >= 15 is 0 Å². The largest absolute Gasteiger partial charge is 0.280 e. The predicted molar refractivity (Wildman–Crippen MR) is 80.8 cm³/mol. The molecular weight excluding hydrogens is 294 g/mol. The van der Waals surface area contributed by atoms with Crippen molar-refractivity contribution in [2.45, 2.75) is 16.7 Å². The van der Waals surface area contributed by atoms with Gasteiger partial charge in [-0.1, -0.05) is 17.7 Å². The Bertz CT molecular complexity index is 720. The van der Waals surface area contributed by atoms with Crippen LogP contribution < -0.4 is 4.72 Å². The van der Waals surface area contributed by atoms with E-state index in [1.807, 2.05) is 6.92 Å². The average Bonchev–Trinajstić information content (AvgIpc) is 2.39. The Hall–Kier alpha value is -1.66. The third-order valence-electron chi connectivity index (χ3n) is 2.77. The number of nitrogens with one attached hydrogen (secondary N) is 1. The standard InChI is InChI=1S/C14H15NO3S2/c1-11-3-9-14(10-4-11)20(17,18)15-12-5-7-13(8-6-12)19(2)16/h3-10,15H,1-2H3. The topological polar surface area (TPSA) is 63.2 Å². The lowest BCUT2D eigenvalue weighted by Gasteiger charge is -2.08. The molecule has 20 heavy (non-hydrogen) atoms. The third-order valence-corrected chi connectivity index (χ3v) is 5.10. The highest BCUT2D eigenvalue weighted by atomic mass is 32.2. The van der Waals surface area contributed by atoms with Crippen LogP contribution in [-0.2, 0) is 20.8 Å². The molecule has 6 heteroatoms. The van der Waals surface area contributed by atoms with E-state index < -0.39 is 20.8 Å². The number of aryl methyl sites for hydroxylation is 1. The minimum Gasteiger partial charge on any atom is -0.280 e. The second-order valence-corrected chi connectivity index (χ2v) is 7.46. The van der Waals surface area contributed by atoms with Gasteiger partial charge in [-0.2, -0.15) is 0 Å². The number of sulfonamides is 1. The van der Waals surface area contributed by atoms with Crippen molar-refractivity contribution < 1.29 is 12.6 Å². The molecule has 0 spiro atoms. The molecule has 0 fully saturated rings. The Labute approximate surface area is 121 Å². The van der Waals surface area contributed by atoms with Gasteiger partial charge in [0.2, 0.25) is 0 Å². The van der Waals surface area contributed by atoms with Crippen molar-refractivity contribution >= 4 is 26.5 Å². The molecule has 1 atom stereocenters. The highest BCUT2D eigenvalue weighted by molar-refractivity contribution is 7.92. The van der Waals surface area contributed by atoms with E-state index in [2.05, 4.69) is 4.72 Å². The van der Waals surface area contributed by atoms with Gasteiger partial charge in [-0.05, 0) is 43.3 Å². The second kappa shape index (κ2) is 5.76. The Morgan fingerprint density at radius 3 is 2.00 bits per heavy atom. The van der Waals surface area contributed by atoms with Gasteiger partial charge in [-0.15, -0.1) is 0 Å². The van der Waals surface area contributed by atoms with Crippen molar-refractivity contribution in [1.29, 1.82) is 0 Å². The van der Waals surface area contributed by atoms with Gasteiger partial charge >= 0.3 is 0 Å². The Morgan fingerprint density at radius 2 is 1.50 bits per heavy atom. The van der Waals surface area contributed by atoms with Crippen LogP contribution in [0.4, 0.5) is 5.69 Å². The molecule has 2 aromatic rings. The minimum atomic E-state index is -3.59. The maximum absolute atomic E-state index is 12.2. The third kappa shape index (κ3) is 3.46. The molecule has 106 valence electrons. The number of hydrogen-bond donors (Lipinski definition) is 1. The molecule has 1 unspecified atom stereocenters. The highest BCUT2D eigenvalue weighted by Gasteiger charge is 2.13. The van der Waals surface area contributed by atoms with Gasteiger partial charge in [0.25, 0.3) is 10.0 Å². The summed E-state index contributed by atoms with van der Waals surface area (Å²) in [5.74, 6) is 0. The van der Waals surface area contributed by atoms with Crippen molar-refractivity contribution in [2.24, 2.45) is 0 Å². The van der Waals surface area contributed by atoms with Gasteiger partial charge in [-0.3, -0.25) is 8.93 Å². The van der Waals surface area contributed by atoms with Crippen LogP contribution in [0.25, 0.3) is 0 Å².